The van der Waals surface area contributed by atoms with Crippen LogP contribution in [0.2, 0.25) is 0 Å². The summed E-state index contributed by atoms with van der Waals surface area (Å²) in [5, 5.41) is 0. The third-order valence-electron chi connectivity index (χ3n) is 3.70. The van der Waals surface area contributed by atoms with E-state index in [-0.39, 0.29) is 12.0 Å². The number of hydrogen-bond acceptors (Lipinski definition) is 4. The maximum absolute atomic E-state index is 14.2. The summed E-state index contributed by atoms with van der Waals surface area (Å²) in [6.45, 7) is 5.21. The zero-order valence-corrected chi connectivity index (χ0v) is 11.7. The molecular weight excluding hydrogens is 253 g/mol. The Morgan fingerprint density at radius 2 is 1.89 bits per heavy atom. The minimum atomic E-state index is -1.36. The maximum Gasteiger partial charge on any atom is 0.411 e. The Bertz CT molecular complexity index is 393. The number of fused-ring (bicyclic) bond motifs is 1. The van der Waals surface area contributed by atoms with Crippen molar-refractivity contribution in [1.29, 1.82) is 0 Å². The molecule has 1 saturated carbocycles. The Morgan fingerprint density at radius 3 is 2.32 bits per heavy atom. The van der Waals surface area contributed by atoms with Crippen LogP contribution in [-0.4, -0.2) is 47.9 Å². The Labute approximate surface area is 112 Å². The summed E-state index contributed by atoms with van der Waals surface area (Å²) >= 11 is 0. The second-order valence-corrected chi connectivity index (χ2v) is 6.11. The second kappa shape index (κ2) is 4.65. The van der Waals surface area contributed by atoms with Gasteiger partial charge < -0.3 is 9.47 Å². The number of rotatable bonds is 1. The van der Waals surface area contributed by atoms with Gasteiger partial charge in [-0.25, -0.2) is 14.0 Å². The molecule has 2 aliphatic rings. The largest absolute Gasteiger partial charge is 0.467 e. The molecule has 0 aromatic carbocycles. The van der Waals surface area contributed by atoms with Crippen molar-refractivity contribution in [3.05, 3.63) is 0 Å². The molecule has 2 fully saturated rings. The monoisotopic (exact) mass is 273 g/mol. The molecule has 108 valence electrons. The number of carbonyl (C=O) groups excluding carboxylic acids is 2. The van der Waals surface area contributed by atoms with Crippen LogP contribution in [0.25, 0.3) is 0 Å². The van der Waals surface area contributed by atoms with Crippen LogP contribution >= 0.6 is 0 Å². The first kappa shape index (κ1) is 14.1. The number of halogens is 1. The van der Waals surface area contributed by atoms with Gasteiger partial charge in [0.15, 0.2) is 6.04 Å². The lowest BCUT2D eigenvalue weighted by Crippen LogP contribution is -2.50. The molecule has 1 saturated heterocycles. The number of methoxy groups -OCH3 is 1. The van der Waals surface area contributed by atoms with Crippen molar-refractivity contribution in [2.45, 2.75) is 57.5 Å². The highest BCUT2D eigenvalue weighted by Crippen LogP contribution is 2.46. The molecule has 0 aromatic rings. The quantitative estimate of drug-likeness (QED) is 0.685. The van der Waals surface area contributed by atoms with Crippen molar-refractivity contribution in [3.8, 4) is 0 Å². The Balaban J connectivity index is 2.20. The van der Waals surface area contributed by atoms with Crippen LogP contribution in [0, 0.1) is 5.92 Å². The molecule has 2 rings (SSSR count). The van der Waals surface area contributed by atoms with Gasteiger partial charge in [0.1, 0.15) is 11.8 Å². The number of esters is 1. The average Bonchev–Trinajstić information content (AvgIpc) is 2.42. The van der Waals surface area contributed by atoms with Gasteiger partial charge in [0.2, 0.25) is 0 Å². The third-order valence-corrected chi connectivity index (χ3v) is 3.70. The Morgan fingerprint density at radius 1 is 1.26 bits per heavy atom. The summed E-state index contributed by atoms with van der Waals surface area (Å²) in [6.07, 6.45) is -0.604. The summed E-state index contributed by atoms with van der Waals surface area (Å²) in [4.78, 5) is 25.1. The zero-order chi connectivity index (χ0) is 14.4. The summed E-state index contributed by atoms with van der Waals surface area (Å²) in [5.74, 6) is -0.982. The van der Waals surface area contributed by atoms with Crippen molar-refractivity contribution in [3.63, 3.8) is 0 Å². The zero-order valence-electron chi connectivity index (χ0n) is 11.7. The van der Waals surface area contributed by atoms with Crippen molar-refractivity contribution in [1.82, 2.24) is 4.90 Å². The normalized spacial score (nSPS) is 33.4. The van der Waals surface area contributed by atoms with Gasteiger partial charge in [-0.2, -0.15) is 0 Å². The number of likely N-dealkylation sites (tertiary alicyclic amines) is 1. The Hall–Kier alpha value is -1.33. The number of nitrogens with zero attached hydrogens (tertiary/aromatic N) is 1. The second-order valence-electron chi connectivity index (χ2n) is 6.11. The highest BCUT2D eigenvalue weighted by molar-refractivity contribution is 5.83. The van der Waals surface area contributed by atoms with E-state index in [1.807, 2.05) is 0 Å². The highest BCUT2D eigenvalue weighted by atomic mass is 19.1. The minimum Gasteiger partial charge on any atom is -0.467 e. The van der Waals surface area contributed by atoms with Crippen LogP contribution in [0.1, 0.15) is 33.6 Å². The van der Waals surface area contributed by atoms with Crippen LogP contribution < -0.4 is 0 Å². The summed E-state index contributed by atoms with van der Waals surface area (Å²) < 4.78 is 24.1. The fraction of sp³-hybridized carbons (Fsp3) is 0.846. The topological polar surface area (TPSA) is 55.8 Å². The Kier molecular flexibility index (Phi) is 3.45. The number of alkyl halides is 1. The third kappa shape index (κ3) is 2.40. The average molecular weight is 273 g/mol. The van der Waals surface area contributed by atoms with Gasteiger partial charge in [0.05, 0.1) is 7.11 Å². The standard InChI is InChI=1S/C13H20FNO4/c1-13(2,3)19-12(17)15-8-6-5-7(8)9(14)10(15)11(16)18-4/h7-10H,5-6H2,1-4H3/t7-,8+,9+,10-/m0/s1. The summed E-state index contributed by atoms with van der Waals surface area (Å²) in [6, 6.07) is -1.41. The van der Waals surface area contributed by atoms with E-state index in [1.54, 1.807) is 20.8 Å². The van der Waals surface area contributed by atoms with Gasteiger partial charge in [-0.1, -0.05) is 0 Å². The van der Waals surface area contributed by atoms with E-state index < -0.39 is 29.9 Å². The molecule has 0 bridgehead atoms. The number of hydrogen-bond donors (Lipinski definition) is 0. The summed E-state index contributed by atoms with van der Waals surface area (Å²) in [7, 11) is 1.20. The van der Waals surface area contributed by atoms with Gasteiger partial charge >= 0.3 is 12.1 Å². The predicted octanol–water partition coefficient (Wildman–Crippen LogP) is 1.90. The van der Waals surface area contributed by atoms with E-state index in [9.17, 15) is 14.0 Å². The predicted molar refractivity (Wildman–Crippen MR) is 65.3 cm³/mol. The molecule has 1 amide bonds. The van der Waals surface area contributed by atoms with E-state index >= 15 is 0 Å². The van der Waals surface area contributed by atoms with Crippen LogP contribution in [-0.2, 0) is 14.3 Å². The van der Waals surface area contributed by atoms with E-state index in [4.69, 9.17) is 4.74 Å². The lowest BCUT2D eigenvalue weighted by Gasteiger charge is -2.37. The van der Waals surface area contributed by atoms with E-state index in [1.165, 1.54) is 12.0 Å². The molecule has 1 heterocycles. The molecule has 0 aromatic heterocycles. The number of ether oxygens (including phenoxy) is 2. The van der Waals surface area contributed by atoms with Crippen molar-refractivity contribution in [2.75, 3.05) is 7.11 Å². The van der Waals surface area contributed by atoms with Gasteiger partial charge in [-0.05, 0) is 33.6 Å². The number of carbonyl (C=O) groups is 2. The van der Waals surface area contributed by atoms with Crippen LogP contribution in [0.15, 0.2) is 0 Å². The molecule has 0 radical (unpaired) electrons. The fourth-order valence-electron chi connectivity index (χ4n) is 2.75. The van der Waals surface area contributed by atoms with Gasteiger partial charge in [-0.15, -0.1) is 0 Å². The molecule has 0 N–H and O–H groups in total. The first-order valence-electron chi connectivity index (χ1n) is 6.49. The van der Waals surface area contributed by atoms with E-state index in [0.717, 1.165) is 0 Å². The lowest BCUT2D eigenvalue weighted by atomic mass is 9.79. The molecule has 19 heavy (non-hydrogen) atoms. The SMILES string of the molecule is COC(=O)[C@@H]1[C@H](F)[C@H]2CC[C@H]2N1C(=O)OC(C)(C)C. The maximum atomic E-state index is 14.2. The van der Waals surface area contributed by atoms with E-state index in [0.29, 0.717) is 12.8 Å². The van der Waals surface area contributed by atoms with Gasteiger partial charge in [0.25, 0.3) is 0 Å². The van der Waals surface area contributed by atoms with Crippen molar-refractivity contribution >= 4 is 12.1 Å². The minimum absolute atomic E-state index is 0.242. The lowest BCUT2D eigenvalue weighted by molar-refractivity contribution is -0.147. The first-order chi connectivity index (χ1) is 8.76. The van der Waals surface area contributed by atoms with Crippen LogP contribution in [0.3, 0.4) is 0 Å². The smallest absolute Gasteiger partial charge is 0.411 e. The molecule has 5 nitrogen and oxygen atoms in total. The van der Waals surface area contributed by atoms with Crippen molar-refractivity contribution in [2.24, 2.45) is 5.92 Å². The molecular formula is C13H20FNO4. The molecule has 1 aliphatic carbocycles. The summed E-state index contributed by atoms with van der Waals surface area (Å²) in [5.41, 5.74) is -0.675. The molecule has 6 heteroatoms. The number of amides is 1. The molecule has 0 spiro atoms. The van der Waals surface area contributed by atoms with Gasteiger partial charge in [-0.3, -0.25) is 4.90 Å². The molecule has 0 unspecified atom stereocenters. The van der Waals surface area contributed by atoms with Crippen molar-refractivity contribution < 1.29 is 23.5 Å². The molecule has 1 aliphatic heterocycles. The van der Waals surface area contributed by atoms with Gasteiger partial charge in [0, 0.05) is 12.0 Å². The van der Waals surface area contributed by atoms with Crippen LogP contribution in [0.4, 0.5) is 9.18 Å². The van der Waals surface area contributed by atoms with E-state index in [2.05, 4.69) is 4.74 Å². The van der Waals surface area contributed by atoms with Crippen LogP contribution in [0.5, 0.6) is 0 Å². The molecule has 4 atom stereocenters. The first-order valence-corrected chi connectivity index (χ1v) is 6.49. The highest BCUT2D eigenvalue weighted by Gasteiger charge is 2.59. The fourth-order valence-corrected chi connectivity index (χ4v) is 2.75.